The Bertz CT molecular complexity index is 686. The molecule has 0 unspecified atom stereocenters. The summed E-state index contributed by atoms with van der Waals surface area (Å²) in [7, 11) is 0. The predicted molar refractivity (Wildman–Crippen MR) is 90.8 cm³/mol. The van der Waals surface area contributed by atoms with Gasteiger partial charge in [0, 0.05) is 44.9 Å². The number of aryl methyl sites for hydroxylation is 1. The Hall–Kier alpha value is -1.98. The van der Waals surface area contributed by atoms with Gasteiger partial charge in [-0.1, -0.05) is 24.3 Å². The first-order valence-corrected chi connectivity index (χ1v) is 8.57. The number of nitrogens with zero attached hydrogens (tertiary/aromatic N) is 3. The normalized spacial score (nSPS) is 23.0. The molecule has 0 aliphatic carbocycles. The average Bonchev–Trinajstić information content (AvgIpc) is 2.57. The molecule has 1 aromatic heterocycles. The van der Waals surface area contributed by atoms with Crippen molar-refractivity contribution in [2.24, 2.45) is 0 Å². The number of hydrogen-bond acceptors (Lipinski definition) is 5. The Morgan fingerprint density at radius 2 is 2.00 bits per heavy atom. The van der Waals surface area contributed by atoms with Gasteiger partial charge in [-0.2, -0.15) is 0 Å². The van der Waals surface area contributed by atoms with E-state index in [1.807, 2.05) is 0 Å². The third-order valence-electron chi connectivity index (χ3n) is 4.94. The number of aromatic nitrogens is 2. The largest absolute Gasteiger partial charge is 0.460 e. The van der Waals surface area contributed by atoms with Gasteiger partial charge in [0.15, 0.2) is 0 Å². The van der Waals surface area contributed by atoms with Gasteiger partial charge in [0.2, 0.25) is 0 Å². The van der Waals surface area contributed by atoms with E-state index in [4.69, 9.17) is 9.47 Å². The third-order valence-corrected chi connectivity index (χ3v) is 4.94. The highest BCUT2D eigenvalue weighted by molar-refractivity contribution is 5.26. The molecule has 1 aromatic carbocycles. The van der Waals surface area contributed by atoms with Crippen molar-refractivity contribution >= 4 is 0 Å². The van der Waals surface area contributed by atoms with Crippen molar-refractivity contribution in [2.75, 3.05) is 19.7 Å². The van der Waals surface area contributed by atoms with Gasteiger partial charge in [0.25, 0.3) is 0 Å². The minimum absolute atomic E-state index is 0.0552. The van der Waals surface area contributed by atoms with Crippen LogP contribution < -0.4 is 4.74 Å². The predicted octanol–water partition coefficient (Wildman–Crippen LogP) is 2.60. The van der Waals surface area contributed by atoms with E-state index >= 15 is 0 Å². The summed E-state index contributed by atoms with van der Waals surface area (Å²) < 4.78 is 12.0. The summed E-state index contributed by atoms with van der Waals surface area (Å²) in [6, 6.07) is 10.9. The van der Waals surface area contributed by atoms with Crippen LogP contribution in [0.1, 0.15) is 24.0 Å². The van der Waals surface area contributed by atoms with Crippen molar-refractivity contribution in [1.82, 2.24) is 14.9 Å². The fourth-order valence-electron chi connectivity index (χ4n) is 3.71. The smallest absolute Gasteiger partial charge is 0.316 e. The molecule has 126 valence electrons. The van der Waals surface area contributed by atoms with Gasteiger partial charge >= 0.3 is 6.01 Å². The summed E-state index contributed by atoms with van der Waals surface area (Å²) in [6.45, 7) is 5.85. The fraction of sp³-hybridized carbons (Fsp3) is 0.474. The van der Waals surface area contributed by atoms with Crippen molar-refractivity contribution in [3.05, 3.63) is 53.9 Å². The van der Waals surface area contributed by atoms with Gasteiger partial charge in [-0.25, -0.2) is 9.97 Å². The van der Waals surface area contributed by atoms with Crippen LogP contribution in [-0.4, -0.2) is 46.3 Å². The molecule has 1 spiro atoms. The molecule has 0 N–H and O–H groups in total. The molecular formula is C19H23N3O2. The van der Waals surface area contributed by atoms with E-state index in [0.717, 1.165) is 39.1 Å². The highest BCUT2D eigenvalue weighted by Gasteiger charge is 2.48. The second-order valence-electron chi connectivity index (χ2n) is 6.87. The minimum Gasteiger partial charge on any atom is -0.460 e. The Morgan fingerprint density at radius 3 is 2.79 bits per heavy atom. The second-order valence-corrected chi connectivity index (χ2v) is 6.87. The standard InChI is InChI=1S/C19H23N3O2/c1-15-5-2-3-6-16(15)12-22-13-19(14-22)11-17(7-10-23-19)24-18-20-8-4-9-21-18/h2-6,8-9,17H,7,10-14H2,1H3/t17-/m1/s1. The molecule has 5 heteroatoms. The van der Waals surface area contributed by atoms with Crippen LogP contribution in [0.25, 0.3) is 0 Å². The molecule has 3 heterocycles. The summed E-state index contributed by atoms with van der Waals surface area (Å²) in [6.07, 6.45) is 5.38. The van der Waals surface area contributed by atoms with Gasteiger partial charge < -0.3 is 9.47 Å². The molecule has 0 amide bonds. The molecule has 2 saturated heterocycles. The molecule has 4 rings (SSSR count). The van der Waals surface area contributed by atoms with Crippen LogP contribution in [0.4, 0.5) is 0 Å². The van der Waals surface area contributed by atoms with E-state index in [-0.39, 0.29) is 11.7 Å². The first-order valence-electron chi connectivity index (χ1n) is 8.57. The average molecular weight is 325 g/mol. The van der Waals surface area contributed by atoms with E-state index in [2.05, 4.69) is 46.1 Å². The topological polar surface area (TPSA) is 47.5 Å². The van der Waals surface area contributed by atoms with Crippen molar-refractivity contribution in [3.63, 3.8) is 0 Å². The monoisotopic (exact) mass is 325 g/mol. The van der Waals surface area contributed by atoms with Crippen LogP contribution in [0.2, 0.25) is 0 Å². The molecule has 0 bridgehead atoms. The van der Waals surface area contributed by atoms with E-state index in [0.29, 0.717) is 6.01 Å². The third kappa shape index (κ3) is 3.28. The summed E-state index contributed by atoms with van der Waals surface area (Å²) in [4.78, 5) is 10.8. The van der Waals surface area contributed by atoms with Crippen LogP contribution in [-0.2, 0) is 11.3 Å². The van der Waals surface area contributed by atoms with E-state index in [1.54, 1.807) is 18.5 Å². The molecule has 2 fully saturated rings. The molecule has 24 heavy (non-hydrogen) atoms. The van der Waals surface area contributed by atoms with Gasteiger partial charge in [0.1, 0.15) is 6.10 Å². The molecule has 0 radical (unpaired) electrons. The van der Waals surface area contributed by atoms with Gasteiger partial charge in [-0.15, -0.1) is 0 Å². The van der Waals surface area contributed by atoms with Gasteiger partial charge in [0.05, 0.1) is 12.2 Å². The fourth-order valence-corrected chi connectivity index (χ4v) is 3.71. The lowest BCUT2D eigenvalue weighted by atomic mass is 9.84. The molecule has 2 aromatic rings. The first-order chi connectivity index (χ1) is 11.7. The van der Waals surface area contributed by atoms with E-state index < -0.39 is 0 Å². The lowest BCUT2D eigenvalue weighted by Crippen LogP contribution is -2.65. The molecule has 1 atom stereocenters. The molecule has 5 nitrogen and oxygen atoms in total. The number of likely N-dealkylation sites (tertiary alicyclic amines) is 1. The number of rotatable bonds is 4. The first kappa shape index (κ1) is 15.5. The zero-order chi connectivity index (χ0) is 16.4. The van der Waals surface area contributed by atoms with Crippen molar-refractivity contribution in [1.29, 1.82) is 0 Å². The summed E-state index contributed by atoms with van der Waals surface area (Å²) >= 11 is 0. The zero-order valence-electron chi connectivity index (χ0n) is 14.0. The van der Waals surface area contributed by atoms with Crippen LogP contribution in [0.5, 0.6) is 6.01 Å². The van der Waals surface area contributed by atoms with Gasteiger partial charge in [-0.3, -0.25) is 4.90 Å². The minimum atomic E-state index is -0.0552. The number of hydrogen-bond donors (Lipinski definition) is 0. The highest BCUT2D eigenvalue weighted by atomic mass is 16.5. The van der Waals surface area contributed by atoms with Gasteiger partial charge in [-0.05, 0) is 24.1 Å². The Labute approximate surface area is 142 Å². The summed E-state index contributed by atoms with van der Waals surface area (Å²) in [5, 5.41) is 0. The van der Waals surface area contributed by atoms with Crippen LogP contribution in [0, 0.1) is 6.92 Å². The lowest BCUT2D eigenvalue weighted by Gasteiger charge is -2.53. The zero-order valence-corrected chi connectivity index (χ0v) is 14.0. The molecule has 2 aliphatic rings. The van der Waals surface area contributed by atoms with Crippen LogP contribution in [0.3, 0.4) is 0 Å². The van der Waals surface area contributed by atoms with E-state index in [1.165, 1.54) is 11.1 Å². The molecular weight excluding hydrogens is 302 g/mol. The Morgan fingerprint density at radius 1 is 1.21 bits per heavy atom. The Balaban J connectivity index is 1.33. The van der Waals surface area contributed by atoms with Crippen LogP contribution >= 0.6 is 0 Å². The maximum absolute atomic E-state index is 6.11. The molecule has 2 aliphatic heterocycles. The van der Waals surface area contributed by atoms with Crippen molar-refractivity contribution < 1.29 is 9.47 Å². The maximum atomic E-state index is 6.11. The summed E-state index contributed by atoms with van der Waals surface area (Å²) in [5.74, 6) is 0. The Kier molecular flexibility index (Phi) is 4.21. The van der Waals surface area contributed by atoms with Crippen LogP contribution in [0.15, 0.2) is 42.7 Å². The number of ether oxygens (including phenoxy) is 2. The van der Waals surface area contributed by atoms with Crippen molar-refractivity contribution in [2.45, 2.75) is 38.0 Å². The SMILES string of the molecule is Cc1ccccc1CN1CC2(C[C@H](Oc3ncccn3)CCO2)C1. The second kappa shape index (κ2) is 6.49. The number of benzene rings is 1. The summed E-state index contributed by atoms with van der Waals surface area (Å²) in [5.41, 5.74) is 2.69. The molecule has 0 saturated carbocycles. The maximum Gasteiger partial charge on any atom is 0.316 e. The van der Waals surface area contributed by atoms with Crippen molar-refractivity contribution in [3.8, 4) is 6.01 Å². The lowest BCUT2D eigenvalue weighted by molar-refractivity contribution is -0.188. The highest BCUT2D eigenvalue weighted by Crippen LogP contribution is 2.36. The van der Waals surface area contributed by atoms with E-state index in [9.17, 15) is 0 Å². The quantitative estimate of drug-likeness (QED) is 0.865.